The maximum Gasteiger partial charge on any atom is 0.254 e. The lowest BCUT2D eigenvalue weighted by atomic mass is 10.1. The third-order valence-corrected chi connectivity index (χ3v) is 4.89. The van der Waals surface area contributed by atoms with E-state index < -0.39 is 0 Å². The molecule has 1 aromatic heterocycles. The van der Waals surface area contributed by atoms with Crippen LogP contribution >= 0.6 is 11.6 Å². The van der Waals surface area contributed by atoms with E-state index in [-0.39, 0.29) is 5.91 Å². The number of carbonyl (C=O) groups is 1. The maximum absolute atomic E-state index is 12.6. The van der Waals surface area contributed by atoms with Gasteiger partial charge < -0.3 is 14.3 Å². The van der Waals surface area contributed by atoms with Crippen LogP contribution in [0, 0.1) is 6.92 Å². The summed E-state index contributed by atoms with van der Waals surface area (Å²) in [6.07, 6.45) is 0. The van der Waals surface area contributed by atoms with E-state index in [0.717, 1.165) is 24.3 Å². The number of carbonyl (C=O) groups excluding carboxylic acids is 1. The molecule has 0 radical (unpaired) electrons. The highest BCUT2D eigenvalue weighted by Gasteiger charge is 2.22. The molecule has 0 aliphatic carbocycles. The summed E-state index contributed by atoms with van der Waals surface area (Å²) in [7, 11) is 0. The number of halogens is 1. The normalized spacial score (nSPS) is 14.4. The van der Waals surface area contributed by atoms with Gasteiger partial charge in [0, 0.05) is 54.9 Å². The standard InChI is InChI=1S/C20H19ClN4O2/c1-14-22-19(23-27-14)15-5-7-18(8-6-15)24-9-11-25(12-10-24)20(26)16-3-2-4-17(21)13-16/h2-8,13H,9-12H2,1H3. The van der Waals surface area contributed by atoms with Gasteiger partial charge in [-0.15, -0.1) is 0 Å². The highest BCUT2D eigenvalue weighted by molar-refractivity contribution is 6.30. The fourth-order valence-corrected chi connectivity index (χ4v) is 3.40. The van der Waals surface area contributed by atoms with Crippen LogP contribution in [0.2, 0.25) is 5.02 Å². The van der Waals surface area contributed by atoms with Crippen molar-refractivity contribution in [2.75, 3.05) is 31.1 Å². The minimum atomic E-state index is 0.0278. The number of benzene rings is 2. The van der Waals surface area contributed by atoms with Gasteiger partial charge in [0.2, 0.25) is 11.7 Å². The van der Waals surface area contributed by atoms with Crippen LogP contribution in [-0.4, -0.2) is 47.1 Å². The second-order valence-corrected chi connectivity index (χ2v) is 6.91. The molecule has 1 aliphatic rings. The van der Waals surface area contributed by atoms with Gasteiger partial charge in [-0.1, -0.05) is 22.8 Å². The van der Waals surface area contributed by atoms with Crippen molar-refractivity contribution in [2.45, 2.75) is 6.92 Å². The summed E-state index contributed by atoms with van der Waals surface area (Å²) < 4.78 is 5.03. The van der Waals surface area contributed by atoms with Crippen LogP contribution in [0.1, 0.15) is 16.2 Å². The highest BCUT2D eigenvalue weighted by atomic mass is 35.5. The molecule has 1 saturated heterocycles. The predicted molar refractivity (Wildman–Crippen MR) is 104 cm³/mol. The zero-order chi connectivity index (χ0) is 18.8. The van der Waals surface area contributed by atoms with Gasteiger partial charge in [-0.25, -0.2) is 0 Å². The summed E-state index contributed by atoms with van der Waals surface area (Å²) in [5.41, 5.74) is 2.68. The summed E-state index contributed by atoms with van der Waals surface area (Å²) in [4.78, 5) is 21.0. The molecule has 0 atom stereocenters. The number of rotatable bonds is 3. The Labute approximate surface area is 162 Å². The Kier molecular flexibility index (Phi) is 4.81. The van der Waals surface area contributed by atoms with Gasteiger partial charge in [-0.2, -0.15) is 4.98 Å². The fraction of sp³-hybridized carbons (Fsp3) is 0.250. The van der Waals surface area contributed by atoms with Gasteiger partial charge in [0.25, 0.3) is 5.91 Å². The topological polar surface area (TPSA) is 62.5 Å². The number of aromatic nitrogens is 2. The number of nitrogens with zero attached hydrogens (tertiary/aromatic N) is 4. The summed E-state index contributed by atoms with van der Waals surface area (Å²) in [5.74, 6) is 1.17. The highest BCUT2D eigenvalue weighted by Crippen LogP contribution is 2.23. The van der Waals surface area contributed by atoms with Crippen LogP contribution in [0.4, 0.5) is 5.69 Å². The molecule has 0 spiro atoms. The van der Waals surface area contributed by atoms with Crippen LogP contribution in [0.15, 0.2) is 53.1 Å². The van der Waals surface area contributed by atoms with E-state index >= 15 is 0 Å². The molecule has 0 N–H and O–H groups in total. The molecular formula is C20H19ClN4O2. The molecule has 0 bridgehead atoms. The molecule has 1 fully saturated rings. The molecule has 2 aromatic carbocycles. The first-order valence-corrected chi connectivity index (χ1v) is 9.18. The Balaban J connectivity index is 1.39. The van der Waals surface area contributed by atoms with Crippen molar-refractivity contribution >= 4 is 23.2 Å². The molecule has 138 valence electrons. The van der Waals surface area contributed by atoms with Crippen molar-refractivity contribution < 1.29 is 9.32 Å². The Morgan fingerprint density at radius 2 is 1.81 bits per heavy atom. The zero-order valence-electron chi connectivity index (χ0n) is 14.9. The van der Waals surface area contributed by atoms with E-state index in [1.165, 1.54) is 0 Å². The number of hydrogen-bond acceptors (Lipinski definition) is 5. The molecule has 0 unspecified atom stereocenters. The predicted octanol–water partition coefficient (Wildman–Crippen LogP) is 3.66. The van der Waals surface area contributed by atoms with Crippen molar-refractivity contribution in [2.24, 2.45) is 0 Å². The second-order valence-electron chi connectivity index (χ2n) is 6.47. The minimum Gasteiger partial charge on any atom is -0.368 e. The Morgan fingerprint density at radius 1 is 1.07 bits per heavy atom. The summed E-state index contributed by atoms with van der Waals surface area (Å²) >= 11 is 6.00. The van der Waals surface area contributed by atoms with Gasteiger partial charge in [-0.3, -0.25) is 4.79 Å². The van der Waals surface area contributed by atoms with Gasteiger partial charge in [0.05, 0.1) is 0 Å². The Morgan fingerprint density at radius 3 is 2.44 bits per heavy atom. The van der Waals surface area contributed by atoms with Crippen LogP contribution in [0.25, 0.3) is 11.4 Å². The van der Waals surface area contributed by atoms with Gasteiger partial charge in [-0.05, 0) is 42.5 Å². The first-order valence-electron chi connectivity index (χ1n) is 8.81. The molecule has 3 aromatic rings. The molecular weight excluding hydrogens is 364 g/mol. The van der Waals surface area contributed by atoms with E-state index in [9.17, 15) is 4.79 Å². The first-order chi connectivity index (χ1) is 13.1. The number of aryl methyl sites for hydroxylation is 1. The third-order valence-electron chi connectivity index (χ3n) is 4.66. The van der Waals surface area contributed by atoms with Crippen LogP contribution < -0.4 is 4.90 Å². The average Bonchev–Trinajstić information content (AvgIpc) is 3.14. The summed E-state index contributed by atoms with van der Waals surface area (Å²) in [5, 5.41) is 4.52. The molecule has 2 heterocycles. The quantitative estimate of drug-likeness (QED) is 0.691. The third kappa shape index (κ3) is 3.80. The first kappa shape index (κ1) is 17.5. The number of amides is 1. The second kappa shape index (κ2) is 7.40. The Bertz CT molecular complexity index is 947. The molecule has 1 aliphatic heterocycles. The van der Waals surface area contributed by atoms with Gasteiger partial charge >= 0.3 is 0 Å². The zero-order valence-corrected chi connectivity index (χ0v) is 15.7. The smallest absolute Gasteiger partial charge is 0.254 e. The van der Waals surface area contributed by atoms with E-state index in [1.807, 2.05) is 17.0 Å². The van der Waals surface area contributed by atoms with Gasteiger partial charge in [0.15, 0.2) is 0 Å². The van der Waals surface area contributed by atoms with Crippen LogP contribution in [-0.2, 0) is 0 Å². The molecule has 0 saturated carbocycles. The Hall–Kier alpha value is -2.86. The SMILES string of the molecule is Cc1nc(-c2ccc(N3CCN(C(=O)c4cccc(Cl)c4)CC3)cc2)no1. The van der Waals surface area contributed by atoms with E-state index in [4.69, 9.17) is 16.1 Å². The van der Waals surface area contributed by atoms with Crippen molar-refractivity contribution in [3.05, 3.63) is 65.0 Å². The number of hydrogen-bond donors (Lipinski definition) is 0. The molecule has 4 rings (SSSR count). The van der Waals surface area contributed by atoms with Crippen LogP contribution in [0.3, 0.4) is 0 Å². The van der Waals surface area contributed by atoms with E-state index in [0.29, 0.717) is 35.4 Å². The van der Waals surface area contributed by atoms with E-state index in [1.54, 1.807) is 31.2 Å². The van der Waals surface area contributed by atoms with Crippen molar-refractivity contribution in [1.29, 1.82) is 0 Å². The maximum atomic E-state index is 12.6. The largest absolute Gasteiger partial charge is 0.368 e. The lowest BCUT2D eigenvalue weighted by Crippen LogP contribution is -2.48. The van der Waals surface area contributed by atoms with Crippen molar-refractivity contribution in [1.82, 2.24) is 15.0 Å². The summed E-state index contributed by atoms with van der Waals surface area (Å²) in [6, 6.07) is 15.2. The lowest BCUT2D eigenvalue weighted by Gasteiger charge is -2.36. The van der Waals surface area contributed by atoms with E-state index in [2.05, 4.69) is 27.2 Å². The molecule has 1 amide bonds. The fourth-order valence-electron chi connectivity index (χ4n) is 3.21. The summed E-state index contributed by atoms with van der Waals surface area (Å²) in [6.45, 7) is 4.70. The number of anilines is 1. The molecule has 6 nitrogen and oxygen atoms in total. The van der Waals surface area contributed by atoms with Gasteiger partial charge in [0.1, 0.15) is 0 Å². The minimum absolute atomic E-state index is 0.0278. The molecule has 27 heavy (non-hydrogen) atoms. The van der Waals surface area contributed by atoms with Crippen molar-refractivity contribution in [3.63, 3.8) is 0 Å². The van der Waals surface area contributed by atoms with Crippen molar-refractivity contribution in [3.8, 4) is 11.4 Å². The molecule has 7 heteroatoms. The lowest BCUT2D eigenvalue weighted by molar-refractivity contribution is 0.0747. The van der Waals surface area contributed by atoms with Crippen LogP contribution in [0.5, 0.6) is 0 Å². The monoisotopic (exact) mass is 382 g/mol. The number of piperazine rings is 1. The average molecular weight is 383 g/mol.